The molecule has 0 saturated carbocycles. The van der Waals surface area contributed by atoms with E-state index in [4.69, 9.17) is 9.73 Å². The normalized spacial score (nSPS) is 22.1. The van der Waals surface area contributed by atoms with Gasteiger partial charge >= 0.3 is 0 Å². The molecule has 2 rings (SSSR count). The van der Waals surface area contributed by atoms with Crippen LogP contribution in [-0.4, -0.2) is 30.0 Å². The molecule has 1 aliphatic heterocycles. The van der Waals surface area contributed by atoms with Crippen LogP contribution in [0.25, 0.3) is 0 Å². The molecule has 1 heterocycles. The van der Waals surface area contributed by atoms with Gasteiger partial charge in [0, 0.05) is 18.3 Å². The number of hydrogen-bond acceptors (Lipinski definition) is 4. The largest absolute Gasteiger partial charge is 0.372 e. The second kappa shape index (κ2) is 8.52. The van der Waals surface area contributed by atoms with Crippen LogP contribution in [-0.2, 0) is 14.3 Å². The van der Waals surface area contributed by atoms with Crippen LogP contribution in [0.3, 0.4) is 0 Å². The van der Waals surface area contributed by atoms with E-state index >= 15 is 0 Å². The van der Waals surface area contributed by atoms with E-state index in [1.54, 1.807) is 13.8 Å². The van der Waals surface area contributed by atoms with Crippen molar-refractivity contribution in [2.24, 2.45) is 10.4 Å². The molecule has 1 aromatic rings. The molecule has 1 aliphatic rings. The summed E-state index contributed by atoms with van der Waals surface area (Å²) in [5.74, 6) is 0.328. The first-order chi connectivity index (χ1) is 11.8. The van der Waals surface area contributed by atoms with Crippen LogP contribution in [0.4, 0.5) is 0 Å². The van der Waals surface area contributed by atoms with E-state index in [9.17, 15) is 9.59 Å². The summed E-state index contributed by atoms with van der Waals surface area (Å²) in [4.78, 5) is 28.1. The molecule has 4 nitrogen and oxygen atoms in total. The van der Waals surface area contributed by atoms with Crippen LogP contribution >= 0.6 is 0 Å². The summed E-state index contributed by atoms with van der Waals surface area (Å²) in [5.41, 5.74) is 1.85. The minimum atomic E-state index is -0.306. The van der Waals surface area contributed by atoms with E-state index in [1.165, 1.54) is 0 Å². The average Bonchev–Trinajstić information content (AvgIpc) is 2.89. The summed E-state index contributed by atoms with van der Waals surface area (Å²) in [6.45, 7) is 7.85. The molecule has 0 aromatic heterocycles. The smallest absolute Gasteiger partial charge is 0.129 e. The van der Waals surface area contributed by atoms with Gasteiger partial charge in [-0.25, -0.2) is 0 Å². The van der Waals surface area contributed by atoms with E-state index in [1.807, 2.05) is 25.1 Å². The lowest BCUT2D eigenvalue weighted by Gasteiger charge is -2.29. The number of ether oxygens (including phenoxy) is 1. The zero-order chi connectivity index (χ0) is 18.4. The lowest BCUT2D eigenvalue weighted by Crippen LogP contribution is -2.34. The number of benzene rings is 1. The lowest BCUT2D eigenvalue weighted by molar-refractivity contribution is -0.117. The van der Waals surface area contributed by atoms with Crippen molar-refractivity contribution in [2.45, 2.75) is 65.5 Å². The Labute approximate surface area is 150 Å². The summed E-state index contributed by atoms with van der Waals surface area (Å²) in [5, 5.41) is 0. The van der Waals surface area contributed by atoms with Gasteiger partial charge in [-0.2, -0.15) is 0 Å². The van der Waals surface area contributed by atoms with Gasteiger partial charge in [-0.3, -0.25) is 4.99 Å². The van der Waals surface area contributed by atoms with Gasteiger partial charge in [-0.05, 0) is 46.1 Å². The topological polar surface area (TPSA) is 55.7 Å². The molecule has 4 heteroatoms. The summed E-state index contributed by atoms with van der Waals surface area (Å²) in [6, 6.07) is 10.2. The molecule has 0 spiro atoms. The first kappa shape index (κ1) is 19.5. The van der Waals surface area contributed by atoms with Crippen LogP contribution in [0.2, 0.25) is 0 Å². The third kappa shape index (κ3) is 5.08. The lowest BCUT2D eigenvalue weighted by atomic mass is 9.74. The minimum absolute atomic E-state index is 0.0226. The molecular weight excluding hydrogens is 314 g/mol. The molecule has 25 heavy (non-hydrogen) atoms. The molecule has 1 aromatic carbocycles. The van der Waals surface area contributed by atoms with Gasteiger partial charge in [0.2, 0.25) is 0 Å². The highest BCUT2D eigenvalue weighted by Crippen LogP contribution is 2.40. The zero-order valence-corrected chi connectivity index (χ0v) is 15.7. The molecule has 1 unspecified atom stereocenters. The second-order valence-corrected chi connectivity index (χ2v) is 7.24. The summed E-state index contributed by atoms with van der Waals surface area (Å²) < 4.78 is 5.93. The van der Waals surface area contributed by atoms with E-state index in [2.05, 4.69) is 19.1 Å². The van der Waals surface area contributed by atoms with Gasteiger partial charge < -0.3 is 14.3 Å². The predicted molar refractivity (Wildman–Crippen MR) is 100.0 cm³/mol. The van der Waals surface area contributed by atoms with Crippen LogP contribution in [0.15, 0.2) is 35.3 Å². The maximum Gasteiger partial charge on any atom is 0.129 e. The Morgan fingerprint density at radius 2 is 1.72 bits per heavy atom. The molecule has 1 fully saturated rings. The van der Waals surface area contributed by atoms with Crippen molar-refractivity contribution in [3.63, 3.8) is 0 Å². The predicted octanol–water partition coefficient (Wildman–Crippen LogP) is 4.33. The van der Waals surface area contributed by atoms with Crippen molar-refractivity contribution >= 4 is 17.3 Å². The summed E-state index contributed by atoms with van der Waals surface area (Å²) in [7, 11) is 0. The fourth-order valence-corrected chi connectivity index (χ4v) is 3.48. The highest BCUT2D eigenvalue weighted by Gasteiger charge is 2.44. The summed E-state index contributed by atoms with van der Waals surface area (Å²) >= 11 is 0. The number of Topliss-reactive ketones (excluding diaryl/α,β-unsaturated/α-hetero) is 2. The number of ketones is 2. The summed E-state index contributed by atoms with van der Waals surface area (Å²) in [6.07, 6.45) is 2.30. The number of hydrogen-bond donors (Lipinski definition) is 0. The highest BCUT2D eigenvalue weighted by molar-refractivity contribution is 5.96. The van der Waals surface area contributed by atoms with Crippen LogP contribution in [0.1, 0.15) is 65.0 Å². The van der Waals surface area contributed by atoms with Crippen molar-refractivity contribution in [3.05, 3.63) is 35.9 Å². The van der Waals surface area contributed by atoms with Crippen LogP contribution in [0.5, 0.6) is 0 Å². The number of carbonyl (C=O) groups is 2. The number of rotatable bonds is 8. The number of aliphatic imine (C=N–C) groups is 1. The van der Waals surface area contributed by atoms with E-state index in [-0.39, 0.29) is 29.1 Å². The maximum atomic E-state index is 11.6. The Bertz CT molecular complexity index is 618. The molecule has 0 aliphatic carbocycles. The number of carbonyl (C=O) groups excluding carboxylic acids is 2. The molecule has 136 valence electrons. The standard InChI is InChI=1S/C21H29NO3/c1-15(23)10-12-21(13-11-16(2)24)14-25-18(4)20(21)22-17(3)19-8-6-5-7-9-19/h5-9,17-18H,10-14H2,1-4H3/t17-,18?/m1/s1. The van der Waals surface area contributed by atoms with Gasteiger partial charge in [-0.15, -0.1) is 0 Å². The van der Waals surface area contributed by atoms with E-state index in [0.717, 1.165) is 11.3 Å². The Balaban J connectivity index is 2.32. The molecule has 0 radical (unpaired) electrons. The third-order valence-electron chi connectivity index (χ3n) is 5.06. The van der Waals surface area contributed by atoms with Crippen LogP contribution in [0, 0.1) is 5.41 Å². The zero-order valence-electron chi connectivity index (χ0n) is 15.7. The van der Waals surface area contributed by atoms with Crippen molar-refractivity contribution in [2.75, 3.05) is 6.61 Å². The quantitative estimate of drug-likeness (QED) is 0.706. The minimum Gasteiger partial charge on any atom is -0.372 e. The van der Waals surface area contributed by atoms with Gasteiger partial charge in [0.05, 0.1) is 24.5 Å². The first-order valence-electron chi connectivity index (χ1n) is 9.07. The van der Waals surface area contributed by atoms with Crippen LogP contribution < -0.4 is 0 Å². The van der Waals surface area contributed by atoms with Gasteiger partial charge in [0.25, 0.3) is 0 Å². The third-order valence-corrected chi connectivity index (χ3v) is 5.06. The van der Waals surface area contributed by atoms with Crippen molar-refractivity contribution in [1.82, 2.24) is 0 Å². The molecule has 2 atom stereocenters. The maximum absolute atomic E-state index is 11.6. The Morgan fingerprint density at radius 1 is 1.16 bits per heavy atom. The number of nitrogens with zero attached hydrogens (tertiary/aromatic N) is 1. The van der Waals surface area contributed by atoms with E-state index < -0.39 is 0 Å². The Kier molecular flexibility index (Phi) is 6.65. The van der Waals surface area contributed by atoms with E-state index in [0.29, 0.717) is 32.3 Å². The van der Waals surface area contributed by atoms with Gasteiger partial charge in [0.15, 0.2) is 0 Å². The second-order valence-electron chi connectivity index (χ2n) is 7.24. The monoisotopic (exact) mass is 343 g/mol. The fraction of sp³-hybridized carbons (Fsp3) is 0.571. The van der Waals surface area contributed by atoms with Gasteiger partial charge in [0.1, 0.15) is 11.6 Å². The first-order valence-corrected chi connectivity index (χ1v) is 9.07. The molecule has 0 bridgehead atoms. The Hall–Kier alpha value is -1.81. The molecule has 1 saturated heterocycles. The van der Waals surface area contributed by atoms with Crippen molar-refractivity contribution in [3.8, 4) is 0 Å². The SMILES string of the molecule is CC(=O)CCC1(CCC(C)=O)COC(C)C1=N[C@H](C)c1ccccc1. The van der Waals surface area contributed by atoms with Crippen molar-refractivity contribution < 1.29 is 14.3 Å². The fourth-order valence-electron chi connectivity index (χ4n) is 3.48. The molecule has 0 amide bonds. The highest BCUT2D eigenvalue weighted by atomic mass is 16.5. The molecular formula is C21H29NO3. The molecule has 0 N–H and O–H groups in total. The Morgan fingerprint density at radius 3 is 2.24 bits per heavy atom. The average molecular weight is 343 g/mol. The van der Waals surface area contributed by atoms with Gasteiger partial charge in [-0.1, -0.05) is 30.3 Å². The van der Waals surface area contributed by atoms with Crippen molar-refractivity contribution in [1.29, 1.82) is 0 Å².